The number of benzene rings is 1. The number of nitrogens with zero attached hydrogens (tertiary/aromatic N) is 1. The molecule has 2 rings (SSSR count). The van der Waals surface area contributed by atoms with Crippen LogP contribution in [0.5, 0.6) is 0 Å². The summed E-state index contributed by atoms with van der Waals surface area (Å²) in [6.45, 7) is 10.2. The fourth-order valence-corrected chi connectivity index (χ4v) is 2.54. The third-order valence-corrected chi connectivity index (χ3v) is 3.96. The Kier molecular flexibility index (Phi) is 7.76. The Labute approximate surface area is 133 Å². The lowest BCUT2D eigenvalue weighted by Crippen LogP contribution is -2.40. The van der Waals surface area contributed by atoms with Crippen LogP contribution in [0, 0.1) is 6.92 Å². The predicted octanol–water partition coefficient (Wildman–Crippen LogP) is 4.32. The van der Waals surface area contributed by atoms with E-state index in [0.29, 0.717) is 11.1 Å². The zero-order valence-electron chi connectivity index (χ0n) is 13.5. The first-order chi connectivity index (χ1) is 10.1. The minimum Gasteiger partial charge on any atom is -0.378 e. The number of piperidine rings is 1. The Balaban J connectivity index is 0.00000106. The number of amides is 1. The first-order valence-corrected chi connectivity index (χ1v) is 8.16. The number of ether oxygens (including phenoxy) is 1. The van der Waals surface area contributed by atoms with Crippen molar-refractivity contribution in [2.24, 2.45) is 0 Å². The van der Waals surface area contributed by atoms with Gasteiger partial charge in [-0.25, -0.2) is 0 Å². The number of hydrogen-bond donors (Lipinski definition) is 0. The Morgan fingerprint density at radius 2 is 1.95 bits per heavy atom. The number of halogens is 1. The third kappa shape index (κ3) is 5.01. The quantitative estimate of drug-likeness (QED) is 0.832. The van der Waals surface area contributed by atoms with Gasteiger partial charge < -0.3 is 9.64 Å². The van der Waals surface area contributed by atoms with Gasteiger partial charge in [0.05, 0.1) is 6.10 Å². The molecule has 1 aliphatic heterocycles. The van der Waals surface area contributed by atoms with Crippen molar-refractivity contribution in [1.82, 2.24) is 4.90 Å². The van der Waals surface area contributed by atoms with Crippen molar-refractivity contribution >= 4 is 17.5 Å². The van der Waals surface area contributed by atoms with Crippen molar-refractivity contribution in [3.8, 4) is 0 Å². The van der Waals surface area contributed by atoms with Crippen molar-refractivity contribution in [3.63, 3.8) is 0 Å². The smallest absolute Gasteiger partial charge is 0.253 e. The molecular formula is C17H26ClNO2. The zero-order chi connectivity index (χ0) is 15.8. The van der Waals surface area contributed by atoms with E-state index >= 15 is 0 Å². The molecule has 1 saturated heterocycles. The van der Waals surface area contributed by atoms with Crippen LogP contribution in [0.3, 0.4) is 0 Å². The largest absolute Gasteiger partial charge is 0.378 e. The molecule has 3 nitrogen and oxygen atoms in total. The number of rotatable bonds is 3. The maximum Gasteiger partial charge on any atom is 0.253 e. The Morgan fingerprint density at radius 1 is 1.33 bits per heavy atom. The standard InChI is InChI=1S/C15H20ClNO2.C2H6/c1-3-19-13-6-8-17(9-7-13)15(18)12-4-5-14(16)11(2)10-12;1-2/h4-5,10,13H,3,6-9H2,1-2H3;1-2H3. The molecule has 0 bridgehead atoms. The Bertz CT molecular complexity index is 454. The van der Waals surface area contributed by atoms with Crippen LogP contribution in [0.2, 0.25) is 5.02 Å². The summed E-state index contributed by atoms with van der Waals surface area (Å²) in [4.78, 5) is 14.3. The van der Waals surface area contributed by atoms with Crippen molar-refractivity contribution in [1.29, 1.82) is 0 Å². The molecule has 4 heteroatoms. The molecule has 0 aliphatic carbocycles. The zero-order valence-corrected chi connectivity index (χ0v) is 14.2. The second kappa shape index (κ2) is 9.06. The molecule has 0 atom stereocenters. The van der Waals surface area contributed by atoms with Crippen LogP contribution in [-0.2, 0) is 4.74 Å². The molecule has 0 aromatic heterocycles. The van der Waals surface area contributed by atoms with Crippen molar-refractivity contribution in [2.45, 2.75) is 46.6 Å². The first-order valence-electron chi connectivity index (χ1n) is 7.79. The second-order valence-corrected chi connectivity index (χ2v) is 5.32. The number of hydrogen-bond acceptors (Lipinski definition) is 2. The van der Waals surface area contributed by atoms with Gasteiger partial charge in [0.1, 0.15) is 0 Å². The molecule has 0 unspecified atom stereocenters. The van der Waals surface area contributed by atoms with Gasteiger partial charge in [-0.2, -0.15) is 0 Å². The fourth-order valence-electron chi connectivity index (χ4n) is 2.42. The maximum absolute atomic E-state index is 12.4. The SMILES string of the molecule is CC.CCOC1CCN(C(=O)c2ccc(Cl)c(C)c2)CC1. The molecule has 1 fully saturated rings. The van der Waals surface area contributed by atoms with Gasteiger partial charge in [0.25, 0.3) is 5.91 Å². The van der Waals surface area contributed by atoms with E-state index in [1.165, 1.54) is 0 Å². The molecule has 0 saturated carbocycles. The summed E-state index contributed by atoms with van der Waals surface area (Å²) in [5.74, 6) is 0.0923. The lowest BCUT2D eigenvalue weighted by Gasteiger charge is -2.31. The van der Waals surface area contributed by atoms with Gasteiger partial charge in [0.2, 0.25) is 0 Å². The minimum absolute atomic E-state index is 0.0923. The van der Waals surface area contributed by atoms with Gasteiger partial charge in [-0.1, -0.05) is 25.4 Å². The van der Waals surface area contributed by atoms with Gasteiger partial charge in [0.15, 0.2) is 0 Å². The molecule has 0 spiro atoms. The molecule has 1 aromatic carbocycles. The van der Waals surface area contributed by atoms with Crippen molar-refractivity contribution in [3.05, 3.63) is 34.3 Å². The monoisotopic (exact) mass is 311 g/mol. The molecule has 0 radical (unpaired) electrons. The Morgan fingerprint density at radius 3 is 2.48 bits per heavy atom. The minimum atomic E-state index is 0.0923. The molecule has 1 heterocycles. The fraction of sp³-hybridized carbons (Fsp3) is 0.588. The molecule has 1 amide bonds. The van der Waals surface area contributed by atoms with Crippen molar-refractivity contribution in [2.75, 3.05) is 19.7 Å². The van der Waals surface area contributed by atoms with Crippen LogP contribution in [0.25, 0.3) is 0 Å². The number of carbonyl (C=O) groups excluding carboxylic acids is 1. The van der Waals surface area contributed by atoms with E-state index in [1.807, 2.05) is 38.7 Å². The summed E-state index contributed by atoms with van der Waals surface area (Å²) in [6, 6.07) is 5.45. The van der Waals surface area contributed by atoms with E-state index in [9.17, 15) is 4.79 Å². The molecule has 21 heavy (non-hydrogen) atoms. The summed E-state index contributed by atoms with van der Waals surface area (Å²) in [6.07, 6.45) is 2.15. The lowest BCUT2D eigenvalue weighted by molar-refractivity contribution is 0.0146. The third-order valence-electron chi connectivity index (χ3n) is 3.54. The second-order valence-electron chi connectivity index (χ2n) is 4.91. The van der Waals surface area contributed by atoms with Crippen LogP contribution in [0.4, 0.5) is 0 Å². The van der Waals surface area contributed by atoms with Gasteiger partial charge in [-0.3, -0.25) is 4.79 Å². The summed E-state index contributed by atoms with van der Waals surface area (Å²) < 4.78 is 5.60. The van der Waals surface area contributed by atoms with E-state index in [0.717, 1.165) is 43.7 Å². The summed E-state index contributed by atoms with van der Waals surface area (Å²) in [5, 5.41) is 0.701. The normalized spacial score (nSPS) is 15.4. The van der Waals surface area contributed by atoms with Crippen LogP contribution in [0.1, 0.15) is 49.5 Å². The summed E-state index contributed by atoms with van der Waals surface area (Å²) in [5.41, 5.74) is 1.66. The molecule has 118 valence electrons. The molecule has 1 aromatic rings. The van der Waals surface area contributed by atoms with E-state index in [-0.39, 0.29) is 5.91 Å². The van der Waals surface area contributed by atoms with Gasteiger partial charge in [0, 0.05) is 30.3 Å². The van der Waals surface area contributed by atoms with Crippen LogP contribution >= 0.6 is 11.6 Å². The van der Waals surface area contributed by atoms with Crippen LogP contribution in [0.15, 0.2) is 18.2 Å². The summed E-state index contributed by atoms with van der Waals surface area (Å²) >= 11 is 5.98. The number of aryl methyl sites for hydroxylation is 1. The Hall–Kier alpha value is -1.06. The topological polar surface area (TPSA) is 29.5 Å². The van der Waals surface area contributed by atoms with Gasteiger partial charge >= 0.3 is 0 Å². The number of likely N-dealkylation sites (tertiary alicyclic amines) is 1. The highest BCUT2D eigenvalue weighted by Gasteiger charge is 2.23. The highest BCUT2D eigenvalue weighted by molar-refractivity contribution is 6.31. The van der Waals surface area contributed by atoms with Gasteiger partial charge in [-0.05, 0) is 50.5 Å². The predicted molar refractivity (Wildman–Crippen MR) is 88.1 cm³/mol. The van der Waals surface area contributed by atoms with Crippen LogP contribution in [-0.4, -0.2) is 36.6 Å². The van der Waals surface area contributed by atoms with E-state index in [2.05, 4.69) is 0 Å². The number of carbonyl (C=O) groups is 1. The van der Waals surface area contributed by atoms with E-state index < -0.39 is 0 Å². The van der Waals surface area contributed by atoms with Gasteiger partial charge in [-0.15, -0.1) is 0 Å². The summed E-state index contributed by atoms with van der Waals surface area (Å²) in [7, 11) is 0. The molecule has 1 aliphatic rings. The average molecular weight is 312 g/mol. The first kappa shape index (κ1) is 18.0. The lowest BCUT2D eigenvalue weighted by atomic mass is 10.1. The molecular weight excluding hydrogens is 286 g/mol. The van der Waals surface area contributed by atoms with Crippen LogP contribution < -0.4 is 0 Å². The highest BCUT2D eigenvalue weighted by Crippen LogP contribution is 2.20. The van der Waals surface area contributed by atoms with Crippen molar-refractivity contribution < 1.29 is 9.53 Å². The maximum atomic E-state index is 12.4. The molecule has 0 N–H and O–H groups in total. The average Bonchev–Trinajstić information content (AvgIpc) is 2.52. The van der Waals surface area contributed by atoms with E-state index in [1.54, 1.807) is 12.1 Å². The van der Waals surface area contributed by atoms with E-state index in [4.69, 9.17) is 16.3 Å². The highest BCUT2D eigenvalue weighted by atomic mass is 35.5.